The monoisotopic (exact) mass is 506 g/mol. The maximum atomic E-state index is 14.0. The lowest BCUT2D eigenvalue weighted by molar-refractivity contribution is -0.130. The van der Waals surface area contributed by atoms with E-state index >= 15 is 0 Å². The fourth-order valence-corrected chi connectivity index (χ4v) is 4.84. The minimum absolute atomic E-state index is 0.0408. The summed E-state index contributed by atoms with van der Waals surface area (Å²) < 4.78 is 19.3. The zero-order valence-electron chi connectivity index (χ0n) is 20.2. The van der Waals surface area contributed by atoms with Gasteiger partial charge in [-0.3, -0.25) is 19.2 Å². The van der Waals surface area contributed by atoms with Gasteiger partial charge in [-0.1, -0.05) is 24.3 Å². The Labute approximate surface area is 212 Å². The normalized spacial score (nSPS) is 15.9. The van der Waals surface area contributed by atoms with E-state index in [0.29, 0.717) is 39.1 Å². The second-order valence-corrected chi connectivity index (χ2v) is 9.19. The Morgan fingerprint density at radius 1 is 0.973 bits per heavy atom. The number of amides is 3. The second-order valence-electron chi connectivity index (χ2n) is 9.19. The average Bonchev–Trinajstić information content (AvgIpc) is 3.32. The summed E-state index contributed by atoms with van der Waals surface area (Å²) in [4.78, 5) is 55.3. The summed E-state index contributed by atoms with van der Waals surface area (Å²) in [6, 6.07) is 12.9. The van der Waals surface area contributed by atoms with E-state index in [2.05, 4.69) is 10.2 Å². The van der Waals surface area contributed by atoms with Gasteiger partial charge in [-0.05, 0) is 30.2 Å². The molecule has 0 spiro atoms. The first kappa shape index (κ1) is 24.5. The number of anilines is 1. The first-order valence-corrected chi connectivity index (χ1v) is 12.3. The lowest BCUT2D eigenvalue weighted by Gasteiger charge is -2.37. The molecule has 3 amide bonds. The van der Waals surface area contributed by atoms with Crippen LogP contribution in [0.3, 0.4) is 0 Å². The maximum Gasteiger partial charge on any atom is 0.287 e. The molecule has 37 heavy (non-hydrogen) atoms. The van der Waals surface area contributed by atoms with Crippen molar-refractivity contribution in [2.24, 2.45) is 0 Å². The van der Waals surface area contributed by atoms with Crippen molar-refractivity contribution in [2.45, 2.75) is 19.4 Å². The molecule has 10 heteroatoms. The predicted octanol–water partition coefficient (Wildman–Crippen LogP) is 2.13. The number of piperazine rings is 1. The van der Waals surface area contributed by atoms with Gasteiger partial charge < -0.3 is 24.4 Å². The number of hydrogen-bond acceptors (Lipinski definition) is 6. The van der Waals surface area contributed by atoms with E-state index in [4.69, 9.17) is 4.42 Å². The highest BCUT2D eigenvalue weighted by Gasteiger charge is 2.25. The number of nitrogens with zero attached hydrogens (tertiary/aromatic N) is 3. The smallest absolute Gasteiger partial charge is 0.287 e. The quantitative estimate of drug-likeness (QED) is 0.550. The Morgan fingerprint density at radius 2 is 1.76 bits per heavy atom. The Bertz CT molecular complexity index is 1410. The zero-order valence-corrected chi connectivity index (χ0v) is 20.2. The highest BCUT2D eigenvalue weighted by atomic mass is 19.1. The third-order valence-corrected chi connectivity index (χ3v) is 6.83. The zero-order chi connectivity index (χ0) is 25.9. The molecule has 2 saturated heterocycles. The lowest BCUT2D eigenvalue weighted by atomic mass is 10.1. The molecule has 0 bridgehead atoms. The largest absolute Gasteiger partial charge is 0.448 e. The Balaban J connectivity index is 1.17. The summed E-state index contributed by atoms with van der Waals surface area (Å²) in [6.45, 7) is 3.26. The van der Waals surface area contributed by atoms with Crippen molar-refractivity contribution >= 4 is 34.4 Å². The van der Waals surface area contributed by atoms with Crippen LogP contribution in [-0.4, -0.2) is 66.8 Å². The molecule has 192 valence electrons. The van der Waals surface area contributed by atoms with Crippen LogP contribution in [0.2, 0.25) is 0 Å². The average molecular weight is 507 g/mol. The van der Waals surface area contributed by atoms with Crippen LogP contribution >= 0.6 is 0 Å². The molecular formula is C27H27FN4O5. The van der Waals surface area contributed by atoms with Crippen LogP contribution in [0.4, 0.5) is 10.1 Å². The highest BCUT2D eigenvalue weighted by molar-refractivity contribution is 5.95. The van der Waals surface area contributed by atoms with E-state index < -0.39 is 17.2 Å². The molecule has 0 radical (unpaired) electrons. The molecule has 1 N–H and O–H groups in total. The number of likely N-dealkylation sites (tertiary alicyclic amines) is 1. The van der Waals surface area contributed by atoms with E-state index in [1.807, 2.05) is 29.2 Å². The molecule has 2 aliphatic heterocycles. The van der Waals surface area contributed by atoms with Crippen LogP contribution in [0.5, 0.6) is 0 Å². The van der Waals surface area contributed by atoms with Gasteiger partial charge >= 0.3 is 0 Å². The van der Waals surface area contributed by atoms with Gasteiger partial charge in [-0.25, -0.2) is 4.39 Å². The van der Waals surface area contributed by atoms with Crippen molar-refractivity contribution in [1.29, 1.82) is 0 Å². The highest BCUT2D eigenvalue weighted by Crippen LogP contribution is 2.25. The minimum atomic E-state index is -0.764. The van der Waals surface area contributed by atoms with Crippen LogP contribution in [0.25, 0.3) is 11.0 Å². The fraction of sp³-hybridized carbons (Fsp3) is 0.333. The SMILES string of the molecule is O=C(NCC(=O)N1CCN(c2ccccc2CN2CCCC2=O)CC1)c1cc(=O)c2cccc(F)c2o1. The number of nitrogens with one attached hydrogen (secondary N) is 1. The second kappa shape index (κ2) is 10.4. The molecule has 5 rings (SSSR count). The van der Waals surface area contributed by atoms with Gasteiger partial charge in [0, 0.05) is 57.4 Å². The molecule has 2 fully saturated rings. The minimum Gasteiger partial charge on any atom is -0.448 e. The van der Waals surface area contributed by atoms with Crippen molar-refractivity contribution < 1.29 is 23.2 Å². The summed E-state index contributed by atoms with van der Waals surface area (Å²) in [5.74, 6) is -1.95. The van der Waals surface area contributed by atoms with Gasteiger partial charge in [0.05, 0.1) is 11.9 Å². The van der Waals surface area contributed by atoms with E-state index in [1.54, 1.807) is 4.90 Å². The van der Waals surface area contributed by atoms with Gasteiger partial charge in [-0.2, -0.15) is 0 Å². The van der Waals surface area contributed by atoms with Crippen LogP contribution in [-0.2, 0) is 16.1 Å². The standard InChI is InChI=1S/C27H27FN4O5/c28-20-7-3-6-19-22(33)15-23(37-26(19)20)27(36)29-16-25(35)31-13-11-30(12-14-31)21-8-2-1-5-18(21)17-32-10-4-9-24(32)34/h1-3,5-8,15H,4,9-14,16-17H2,(H,29,36). The molecule has 2 aromatic carbocycles. The Kier molecular flexibility index (Phi) is 6.89. The summed E-state index contributed by atoms with van der Waals surface area (Å²) in [6.07, 6.45) is 1.49. The van der Waals surface area contributed by atoms with E-state index in [-0.39, 0.29) is 35.1 Å². The van der Waals surface area contributed by atoms with Gasteiger partial charge in [0.15, 0.2) is 22.6 Å². The number of benzene rings is 2. The van der Waals surface area contributed by atoms with Gasteiger partial charge in [0.1, 0.15) is 0 Å². The summed E-state index contributed by atoms with van der Waals surface area (Å²) in [7, 11) is 0. The molecule has 9 nitrogen and oxygen atoms in total. The van der Waals surface area contributed by atoms with E-state index in [9.17, 15) is 23.6 Å². The van der Waals surface area contributed by atoms with Gasteiger partial charge in [0.2, 0.25) is 11.8 Å². The van der Waals surface area contributed by atoms with Crippen LogP contribution in [0, 0.1) is 5.82 Å². The Morgan fingerprint density at radius 3 is 2.51 bits per heavy atom. The molecular weight excluding hydrogens is 479 g/mol. The molecule has 0 aliphatic carbocycles. The van der Waals surface area contributed by atoms with Crippen LogP contribution < -0.4 is 15.6 Å². The van der Waals surface area contributed by atoms with E-state index in [0.717, 1.165) is 36.3 Å². The number of halogens is 1. The number of carbonyl (C=O) groups is 3. The number of fused-ring (bicyclic) bond motifs is 1. The van der Waals surface area contributed by atoms with Crippen molar-refractivity contribution in [1.82, 2.24) is 15.1 Å². The van der Waals surface area contributed by atoms with Crippen molar-refractivity contribution in [3.05, 3.63) is 75.9 Å². The summed E-state index contributed by atoms with van der Waals surface area (Å²) in [5, 5.41) is 2.51. The predicted molar refractivity (Wildman–Crippen MR) is 135 cm³/mol. The molecule has 0 atom stereocenters. The molecule has 3 aromatic rings. The fourth-order valence-electron chi connectivity index (χ4n) is 4.84. The van der Waals surface area contributed by atoms with Crippen LogP contribution in [0.1, 0.15) is 29.0 Å². The maximum absolute atomic E-state index is 14.0. The van der Waals surface area contributed by atoms with Crippen molar-refractivity contribution in [2.75, 3.05) is 44.2 Å². The summed E-state index contributed by atoms with van der Waals surface area (Å²) in [5.41, 5.74) is 1.30. The molecule has 2 aliphatic rings. The van der Waals surface area contributed by atoms with Gasteiger partial charge in [-0.15, -0.1) is 0 Å². The first-order chi connectivity index (χ1) is 17.9. The molecule has 0 saturated carbocycles. The molecule has 1 aromatic heterocycles. The van der Waals surface area contributed by atoms with Crippen molar-refractivity contribution in [3.63, 3.8) is 0 Å². The van der Waals surface area contributed by atoms with E-state index in [1.165, 1.54) is 12.1 Å². The van der Waals surface area contributed by atoms with Crippen molar-refractivity contribution in [3.8, 4) is 0 Å². The number of carbonyl (C=O) groups excluding carboxylic acids is 3. The topological polar surface area (TPSA) is 103 Å². The number of rotatable bonds is 6. The first-order valence-electron chi connectivity index (χ1n) is 12.3. The van der Waals surface area contributed by atoms with Crippen LogP contribution in [0.15, 0.2) is 57.7 Å². The Hall–Kier alpha value is -4.21. The number of hydrogen-bond donors (Lipinski definition) is 1. The van der Waals surface area contributed by atoms with Gasteiger partial charge in [0.25, 0.3) is 5.91 Å². The summed E-state index contributed by atoms with van der Waals surface area (Å²) >= 11 is 0. The number of para-hydroxylation sites is 2. The third kappa shape index (κ3) is 5.18. The third-order valence-electron chi connectivity index (χ3n) is 6.83. The lowest BCUT2D eigenvalue weighted by Crippen LogP contribution is -2.51. The molecule has 3 heterocycles. The molecule has 0 unspecified atom stereocenters.